The quantitative estimate of drug-likeness (QED) is 0.292. The third-order valence-electron chi connectivity index (χ3n) is 4.96. The number of likely N-dealkylation sites (tertiary alicyclic amines) is 1. The van der Waals surface area contributed by atoms with Gasteiger partial charge in [0.25, 0.3) is 0 Å². The lowest BCUT2D eigenvalue weighted by Gasteiger charge is -2.20. The van der Waals surface area contributed by atoms with Gasteiger partial charge in [0.05, 0.1) is 0 Å². The molecule has 0 aliphatic carbocycles. The highest BCUT2D eigenvalue weighted by Gasteiger charge is 2.25. The Morgan fingerprint density at radius 2 is 2.07 bits per heavy atom. The van der Waals surface area contributed by atoms with E-state index in [-0.39, 0.29) is 35.9 Å². The fourth-order valence-corrected chi connectivity index (χ4v) is 3.45. The molecule has 0 saturated carbocycles. The minimum atomic E-state index is 0. The van der Waals surface area contributed by atoms with E-state index in [9.17, 15) is 4.79 Å². The van der Waals surface area contributed by atoms with Gasteiger partial charge in [0.1, 0.15) is 0 Å². The van der Waals surface area contributed by atoms with E-state index in [4.69, 9.17) is 0 Å². The number of anilines is 1. The fraction of sp³-hybridized carbons (Fsp3) is 0.500. The first kappa shape index (κ1) is 21.5. The second-order valence-electron chi connectivity index (χ2n) is 6.80. The Hall–Kier alpha value is -1.77. The van der Waals surface area contributed by atoms with Crippen molar-refractivity contribution >= 4 is 41.5 Å². The number of nitrogens with zero attached hydrogens (tertiary/aromatic N) is 3. The second kappa shape index (κ2) is 10.5. The van der Waals surface area contributed by atoms with E-state index < -0.39 is 0 Å². The summed E-state index contributed by atoms with van der Waals surface area (Å²) >= 11 is 0. The van der Waals surface area contributed by atoms with Gasteiger partial charge >= 0.3 is 0 Å². The Bertz CT molecular complexity index is 683. The van der Waals surface area contributed by atoms with Crippen molar-refractivity contribution in [1.82, 2.24) is 15.5 Å². The third-order valence-corrected chi connectivity index (χ3v) is 4.96. The Balaban J connectivity index is 0.00000261. The van der Waals surface area contributed by atoms with Crippen LogP contribution in [0.2, 0.25) is 0 Å². The monoisotopic (exact) mass is 483 g/mol. The molecule has 0 aromatic heterocycles. The first-order valence-corrected chi connectivity index (χ1v) is 9.43. The third kappa shape index (κ3) is 5.85. The van der Waals surface area contributed by atoms with Gasteiger partial charge in [-0.2, -0.15) is 0 Å². The molecule has 1 atom stereocenters. The average Bonchev–Trinajstić information content (AvgIpc) is 3.36. The van der Waals surface area contributed by atoms with Crippen molar-refractivity contribution < 1.29 is 4.79 Å². The number of amides is 1. The molecule has 3 rings (SSSR count). The zero-order valence-corrected chi connectivity index (χ0v) is 18.5. The van der Waals surface area contributed by atoms with Crippen LogP contribution in [0.1, 0.15) is 25.3 Å². The van der Waals surface area contributed by atoms with Gasteiger partial charge < -0.3 is 20.4 Å². The molecule has 2 aliphatic rings. The summed E-state index contributed by atoms with van der Waals surface area (Å²) in [5, 5.41) is 6.83. The Kier molecular flexibility index (Phi) is 8.40. The van der Waals surface area contributed by atoms with Crippen molar-refractivity contribution in [3.05, 3.63) is 42.0 Å². The van der Waals surface area contributed by atoms with Crippen molar-refractivity contribution in [2.75, 3.05) is 38.1 Å². The lowest BCUT2D eigenvalue weighted by molar-refractivity contribution is -0.129. The first-order valence-electron chi connectivity index (χ1n) is 9.43. The van der Waals surface area contributed by atoms with Crippen LogP contribution in [0.3, 0.4) is 0 Å². The van der Waals surface area contributed by atoms with E-state index in [0.29, 0.717) is 6.42 Å². The Morgan fingerprint density at radius 3 is 2.78 bits per heavy atom. The predicted molar refractivity (Wildman–Crippen MR) is 122 cm³/mol. The summed E-state index contributed by atoms with van der Waals surface area (Å²) in [6.45, 7) is 6.18. The number of hydrogen-bond acceptors (Lipinski definition) is 3. The van der Waals surface area contributed by atoms with Crippen molar-refractivity contribution in [2.45, 2.75) is 32.4 Å². The summed E-state index contributed by atoms with van der Waals surface area (Å²) < 4.78 is 0. The molecule has 27 heavy (non-hydrogen) atoms. The van der Waals surface area contributed by atoms with Gasteiger partial charge in [0.15, 0.2) is 5.96 Å². The van der Waals surface area contributed by atoms with Crippen LogP contribution in [0.25, 0.3) is 0 Å². The molecule has 1 fully saturated rings. The lowest BCUT2D eigenvalue weighted by atomic mass is 10.2. The number of halogens is 1. The molecule has 0 radical (unpaired) electrons. The molecular formula is C20H30IN5O. The highest BCUT2D eigenvalue weighted by Crippen LogP contribution is 2.18. The minimum absolute atomic E-state index is 0. The molecular weight excluding hydrogens is 453 g/mol. The molecule has 1 aromatic rings. The number of carbonyl (C=O) groups excluding carboxylic acids is 1. The minimum Gasteiger partial charge on any atom is -0.364 e. The van der Waals surface area contributed by atoms with Crippen LogP contribution in [-0.2, 0) is 11.3 Å². The molecule has 1 aromatic carbocycles. The summed E-state index contributed by atoms with van der Waals surface area (Å²) in [7, 11) is 1.78. The number of aliphatic imine (C=N–C) groups is 1. The molecule has 0 bridgehead atoms. The van der Waals surface area contributed by atoms with Crippen LogP contribution in [0.15, 0.2) is 41.4 Å². The van der Waals surface area contributed by atoms with E-state index in [1.54, 1.807) is 7.05 Å². The van der Waals surface area contributed by atoms with E-state index in [2.05, 4.69) is 56.9 Å². The zero-order valence-electron chi connectivity index (χ0n) is 16.1. The molecule has 1 amide bonds. The van der Waals surface area contributed by atoms with Crippen LogP contribution in [-0.4, -0.2) is 56.0 Å². The molecule has 1 saturated heterocycles. The number of hydrogen-bond donors (Lipinski definition) is 2. The molecule has 0 spiro atoms. The molecule has 1 unspecified atom stereocenters. The van der Waals surface area contributed by atoms with Crippen molar-refractivity contribution in [2.24, 2.45) is 4.99 Å². The van der Waals surface area contributed by atoms with Crippen molar-refractivity contribution in [1.29, 1.82) is 0 Å². The van der Waals surface area contributed by atoms with E-state index in [1.807, 2.05) is 11.8 Å². The van der Waals surface area contributed by atoms with E-state index in [0.717, 1.165) is 45.1 Å². The first-order chi connectivity index (χ1) is 12.7. The molecule has 6 nitrogen and oxygen atoms in total. The van der Waals surface area contributed by atoms with Crippen molar-refractivity contribution in [3.8, 4) is 0 Å². The Morgan fingerprint density at radius 1 is 1.30 bits per heavy atom. The maximum Gasteiger partial charge on any atom is 0.222 e. The molecule has 2 heterocycles. The van der Waals surface area contributed by atoms with Crippen LogP contribution >= 0.6 is 24.0 Å². The largest absolute Gasteiger partial charge is 0.364 e. The number of carbonyl (C=O) groups is 1. The van der Waals surface area contributed by atoms with Gasteiger partial charge in [-0.25, -0.2) is 0 Å². The van der Waals surface area contributed by atoms with E-state index >= 15 is 0 Å². The number of rotatable bonds is 5. The lowest BCUT2D eigenvalue weighted by Crippen LogP contribution is -2.44. The fourth-order valence-electron chi connectivity index (χ4n) is 3.45. The average molecular weight is 483 g/mol. The summed E-state index contributed by atoms with van der Waals surface area (Å²) in [5.41, 5.74) is 2.48. The maximum atomic E-state index is 11.8. The maximum absolute atomic E-state index is 11.8. The number of benzene rings is 1. The van der Waals surface area contributed by atoms with Crippen LogP contribution < -0.4 is 15.5 Å². The van der Waals surface area contributed by atoms with Gasteiger partial charge in [-0.1, -0.05) is 31.2 Å². The predicted octanol–water partition coefficient (Wildman–Crippen LogP) is 2.36. The highest BCUT2D eigenvalue weighted by molar-refractivity contribution is 14.0. The van der Waals surface area contributed by atoms with Crippen molar-refractivity contribution in [3.63, 3.8) is 0 Å². The standard InChI is InChI=1S/C20H29N5O.HI/c1-3-19(26)25-12-9-17(15-25)23-20(21-2)22-14-16-7-6-8-18(13-16)24-10-4-5-11-24;/h4-8,13,17H,3,9-12,14-15H2,1-2H3,(H2,21,22,23);1H. The molecule has 2 aliphatic heterocycles. The topological polar surface area (TPSA) is 60.0 Å². The molecule has 148 valence electrons. The summed E-state index contributed by atoms with van der Waals surface area (Å²) in [4.78, 5) is 20.4. The zero-order chi connectivity index (χ0) is 18.4. The van der Waals surface area contributed by atoms with Crippen LogP contribution in [0.4, 0.5) is 5.69 Å². The van der Waals surface area contributed by atoms with Gasteiger partial charge in [-0.3, -0.25) is 9.79 Å². The summed E-state index contributed by atoms with van der Waals surface area (Å²) in [5.74, 6) is 1.01. The normalized spacial score (nSPS) is 19.2. The second-order valence-corrected chi connectivity index (χ2v) is 6.80. The van der Waals surface area contributed by atoms with Crippen LogP contribution in [0, 0.1) is 0 Å². The van der Waals surface area contributed by atoms with Crippen LogP contribution in [0.5, 0.6) is 0 Å². The van der Waals surface area contributed by atoms with Gasteiger partial charge in [-0.15, -0.1) is 24.0 Å². The number of nitrogens with one attached hydrogen (secondary N) is 2. The van der Waals surface area contributed by atoms with E-state index in [1.165, 1.54) is 11.3 Å². The van der Waals surface area contributed by atoms with Gasteiger partial charge in [0, 0.05) is 57.9 Å². The smallest absolute Gasteiger partial charge is 0.222 e. The summed E-state index contributed by atoms with van der Waals surface area (Å²) in [6, 6.07) is 8.88. The SMILES string of the molecule is CCC(=O)N1CCC(NC(=NC)NCc2cccc(N3CC=CC3)c2)C1.I. The van der Waals surface area contributed by atoms with Gasteiger partial charge in [0.2, 0.25) is 5.91 Å². The highest BCUT2D eigenvalue weighted by atomic mass is 127. The number of guanidine groups is 1. The molecule has 2 N–H and O–H groups in total. The molecule has 7 heteroatoms. The van der Waals surface area contributed by atoms with Gasteiger partial charge in [-0.05, 0) is 24.1 Å². The Labute approximate surface area is 179 Å². The summed E-state index contributed by atoms with van der Waals surface area (Å²) in [6.07, 6.45) is 5.93.